The summed E-state index contributed by atoms with van der Waals surface area (Å²) in [6.45, 7) is 7.60. The van der Waals surface area contributed by atoms with Crippen molar-refractivity contribution in [2.24, 2.45) is 0 Å². The van der Waals surface area contributed by atoms with Gasteiger partial charge in [-0.25, -0.2) is 4.79 Å². The Balaban J connectivity index is 2.57. The van der Waals surface area contributed by atoms with E-state index in [-0.39, 0.29) is 12.1 Å². The number of ether oxygens (including phenoxy) is 2. The van der Waals surface area contributed by atoms with Gasteiger partial charge in [0.25, 0.3) is 0 Å². The summed E-state index contributed by atoms with van der Waals surface area (Å²) in [5.74, 6) is -0.264. The van der Waals surface area contributed by atoms with Gasteiger partial charge in [-0.05, 0) is 26.7 Å². The van der Waals surface area contributed by atoms with Crippen molar-refractivity contribution >= 4 is 5.97 Å². The highest BCUT2D eigenvalue weighted by Gasteiger charge is 2.42. The molecule has 1 rings (SSSR count). The molecule has 3 nitrogen and oxygen atoms in total. The molecule has 0 spiro atoms. The zero-order valence-corrected chi connectivity index (χ0v) is 8.21. The van der Waals surface area contributed by atoms with Crippen molar-refractivity contribution in [2.75, 3.05) is 6.61 Å². The van der Waals surface area contributed by atoms with Gasteiger partial charge in [0.15, 0.2) is 5.60 Å². The zero-order chi connectivity index (χ0) is 9.90. The third-order valence-electron chi connectivity index (χ3n) is 2.29. The summed E-state index contributed by atoms with van der Waals surface area (Å²) < 4.78 is 10.4. The molecule has 13 heavy (non-hydrogen) atoms. The summed E-state index contributed by atoms with van der Waals surface area (Å²) in [7, 11) is 0. The molecule has 0 radical (unpaired) electrons. The highest BCUT2D eigenvalue weighted by atomic mass is 16.6. The van der Waals surface area contributed by atoms with E-state index in [0.717, 1.165) is 6.42 Å². The predicted molar refractivity (Wildman–Crippen MR) is 49.3 cm³/mol. The van der Waals surface area contributed by atoms with Gasteiger partial charge in [0, 0.05) is 0 Å². The summed E-state index contributed by atoms with van der Waals surface area (Å²) in [6, 6.07) is 0. The van der Waals surface area contributed by atoms with E-state index in [4.69, 9.17) is 9.47 Å². The molecule has 1 fully saturated rings. The summed E-state index contributed by atoms with van der Waals surface area (Å²) in [5.41, 5.74) is -0.755. The third kappa shape index (κ3) is 2.10. The molecular formula is C10H16O3. The van der Waals surface area contributed by atoms with Crippen LogP contribution in [-0.2, 0) is 14.3 Å². The number of esters is 1. The lowest BCUT2D eigenvalue weighted by Crippen LogP contribution is -2.36. The number of rotatable bonds is 3. The Bertz CT molecular complexity index is 212. The van der Waals surface area contributed by atoms with Crippen LogP contribution in [0.25, 0.3) is 0 Å². The molecule has 0 aromatic carbocycles. The molecule has 1 aliphatic rings. The molecule has 0 amide bonds. The topological polar surface area (TPSA) is 35.5 Å². The summed E-state index contributed by atoms with van der Waals surface area (Å²) in [4.78, 5) is 11.4. The SMILES string of the molecule is C=CC1CCC(C)(C(=O)OCC)O1. The van der Waals surface area contributed by atoms with Crippen molar-refractivity contribution in [1.29, 1.82) is 0 Å². The van der Waals surface area contributed by atoms with Crippen LogP contribution in [0.15, 0.2) is 12.7 Å². The number of hydrogen-bond acceptors (Lipinski definition) is 3. The second-order valence-electron chi connectivity index (χ2n) is 3.38. The molecular weight excluding hydrogens is 168 g/mol. The molecule has 3 heteroatoms. The molecule has 74 valence electrons. The van der Waals surface area contributed by atoms with Gasteiger partial charge >= 0.3 is 5.97 Å². The maximum atomic E-state index is 11.4. The predicted octanol–water partition coefficient (Wildman–Crippen LogP) is 1.67. The molecule has 2 atom stereocenters. The zero-order valence-electron chi connectivity index (χ0n) is 8.21. The van der Waals surface area contributed by atoms with Crippen LogP contribution < -0.4 is 0 Å². The molecule has 0 aromatic heterocycles. The van der Waals surface area contributed by atoms with E-state index in [9.17, 15) is 4.79 Å². The standard InChI is InChI=1S/C10H16O3/c1-4-8-6-7-10(3,13-8)9(11)12-5-2/h4,8H,1,5-7H2,2-3H3. The fourth-order valence-electron chi connectivity index (χ4n) is 1.47. The molecule has 0 aromatic rings. The smallest absolute Gasteiger partial charge is 0.338 e. The third-order valence-corrected chi connectivity index (χ3v) is 2.29. The first-order valence-electron chi connectivity index (χ1n) is 4.60. The van der Waals surface area contributed by atoms with Crippen LogP contribution in [-0.4, -0.2) is 24.3 Å². The molecule has 0 bridgehead atoms. The number of carbonyl (C=O) groups excluding carboxylic acids is 1. The van der Waals surface area contributed by atoms with E-state index in [1.54, 1.807) is 19.9 Å². The van der Waals surface area contributed by atoms with E-state index in [0.29, 0.717) is 13.0 Å². The summed E-state index contributed by atoms with van der Waals surface area (Å²) in [6.07, 6.45) is 3.28. The molecule has 2 unspecified atom stereocenters. The van der Waals surface area contributed by atoms with Crippen molar-refractivity contribution < 1.29 is 14.3 Å². The Kier molecular flexibility index (Phi) is 3.09. The summed E-state index contributed by atoms with van der Waals surface area (Å²) in [5, 5.41) is 0. The molecule has 0 saturated carbocycles. The minimum Gasteiger partial charge on any atom is -0.464 e. The lowest BCUT2D eigenvalue weighted by atomic mass is 10.0. The monoisotopic (exact) mass is 184 g/mol. The lowest BCUT2D eigenvalue weighted by Gasteiger charge is -2.21. The van der Waals surface area contributed by atoms with Crippen molar-refractivity contribution in [3.8, 4) is 0 Å². The average molecular weight is 184 g/mol. The molecule has 1 aliphatic heterocycles. The number of hydrogen-bond donors (Lipinski definition) is 0. The Morgan fingerprint density at radius 3 is 3.00 bits per heavy atom. The normalized spacial score (nSPS) is 32.9. The van der Waals surface area contributed by atoms with Gasteiger partial charge in [-0.3, -0.25) is 0 Å². The van der Waals surface area contributed by atoms with Gasteiger partial charge < -0.3 is 9.47 Å². The first kappa shape index (κ1) is 10.3. The largest absolute Gasteiger partial charge is 0.464 e. The van der Waals surface area contributed by atoms with Crippen LogP contribution in [0.2, 0.25) is 0 Å². The van der Waals surface area contributed by atoms with E-state index in [1.807, 2.05) is 0 Å². The highest BCUT2D eigenvalue weighted by molar-refractivity contribution is 5.79. The Hall–Kier alpha value is -0.830. The van der Waals surface area contributed by atoms with E-state index in [1.165, 1.54) is 0 Å². The fourth-order valence-corrected chi connectivity index (χ4v) is 1.47. The van der Waals surface area contributed by atoms with Gasteiger partial charge in [0.1, 0.15) is 0 Å². The van der Waals surface area contributed by atoms with Crippen LogP contribution in [0.3, 0.4) is 0 Å². The molecule has 0 aliphatic carbocycles. The maximum Gasteiger partial charge on any atom is 0.338 e. The van der Waals surface area contributed by atoms with Crippen LogP contribution in [0.1, 0.15) is 26.7 Å². The Morgan fingerprint density at radius 1 is 1.85 bits per heavy atom. The van der Waals surface area contributed by atoms with Crippen LogP contribution >= 0.6 is 0 Å². The quantitative estimate of drug-likeness (QED) is 0.494. The highest BCUT2D eigenvalue weighted by Crippen LogP contribution is 2.31. The van der Waals surface area contributed by atoms with Crippen molar-refractivity contribution in [2.45, 2.75) is 38.4 Å². The van der Waals surface area contributed by atoms with E-state index in [2.05, 4.69) is 6.58 Å². The minimum absolute atomic E-state index is 0.00518. The molecule has 1 saturated heterocycles. The minimum atomic E-state index is -0.755. The average Bonchev–Trinajstić information content (AvgIpc) is 2.49. The first-order chi connectivity index (χ1) is 6.12. The Labute approximate surface area is 78.7 Å². The van der Waals surface area contributed by atoms with Gasteiger partial charge in [-0.2, -0.15) is 0 Å². The first-order valence-corrected chi connectivity index (χ1v) is 4.60. The van der Waals surface area contributed by atoms with Crippen molar-refractivity contribution in [3.63, 3.8) is 0 Å². The van der Waals surface area contributed by atoms with Gasteiger partial charge in [0.05, 0.1) is 12.7 Å². The van der Waals surface area contributed by atoms with E-state index < -0.39 is 5.60 Å². The fraction of sp³-hybridized carbons (Fsp3) is 0.700. The van der Waals surface area contributed by atoms with Crippen LogP contribution in [0.5, 0.6) is 0 Å². The van der Waals surface area contributed by atoms with Crippen LogP contribution in [0, 0.1) is 0 Å². The molecule has 0 N–H and O–H groups in total. The Morgan fingerprint density at radius 2 is 2.54 bits per heavy atom. The lowest BCUT2D eigenvalue weighted by molar-refractivity contribution is -0.166. The van der Waals surface area contributed by atoms with Crippen molar-refractivity contribution in [1.82, 2.24) is 0 Å². The second kappa shape index (κ2) is 3.92. The summed E-state index contributed by atoms with van der Waals surface area (Å²) >= 11 is 0. The van der Waals surface area contributed by atoms with Gasteiger partial charge in [-0.15, -0.1) is 6.58 Å². The second-order valence-corrected chi connectivity index (χ2v) is 3.38. The maximum absolute atomic E-state index is 11.4. The van der Waals surface area contributed by atoms with E-state index >= 15 is 0 Å². The van der Waals surface area contributed by atoms with Gasteiger partial charge in [-0.1, -0.05) is 6.08 Å². The van der Waals surface area contributed by atoms with Crippen molar-refractivity contribution in [3.05, 3.63) is 12.7 Å². The van der Waals surface area contributed by atoms with Crippen LogP contribution in [0.4, 0.5) is 0 Å². The van der Waals surface area contributed by atoms with Gasteiger partial charge in [0.2, 0.25) is 0 Å². The number of carbonyl (C=O) groups is 1. The molecule has 1 heterocycles.